The Kier molecular flexibility index (Phi) is 3.35. The zero-order valence-electron chi connectivity index (χ0n) is 11.2. The first-order chi connectivity index (χ1) is 9.74. The zero-order valence-corrected chi connectivity index (χ0v) is 11.2. The average Bonchev–Trinajstić information content (AvgIpc) is 2.47. The van der Waals surface area contributed by atoms with Crippen LogP contribution in [-0.4, -0.2) is 10.1 Å². The Morgan fingerprint density at radius 1 is 1.00 bits per heavy atom. The Morgan fingerprint density at radius 3 is 2.60 bits per heavy atom. The first-order valence-electron chi connectivity index (χ1n) is 6.54. The molecule has 0 spiro atoms. The van der Waals surface area contributed by atoms with Crippen LogP contribution in [0.2, 0.25) is 0 Å². The van der Waals surface area contributed by atoms with Gasteiger partial charge in [-0.15, -0.1) is 0 Å². The van der Waals surface area contributed by atoms with Gasteiger partial charge in [0.25, 0.3) is 0 Å². The molecule has 0 amide bonds. The van der Waals surface area contributed by atoms with Crippen molar-refractivity contribution in [3.05, 3.63) is 66.4 Å². The Balaban J connectivity index is 1.97. The molecule has 3 rings (SSSR count). The maximum Gasteiger partial charge on any atom is 0.225 e. The highest BCUT2D eigenvalue weighted by Gasteiger charge is 2.10. The van der Waals surface area contributed by atoms with Crippen LogP contribution in [0.1, 0.15) is 18.6 Å². The van der Waals surface area contributed by atoms with Gasteiger partial charge in [-0.05, 0) is 42.0 Å². The molecule has 0 saturated heterocycles. The number of benzene rings is 2. The van der Waals surface area contributed by atoms with Gasteiger partial charge in [0.05, 0.1) is 6.10 Å². The highest BCUT2D eigenvalue weighted by molar-refractivity contribution is 5.83. The van der Waals surface area contributed by atoms with E-state index in [1.807, 2.05) is 42.5 Å². The van der Waals surface area contributed by atoms with Gasteiger partial charge in [-0.25, -0.2) is 4.98 Å². The van der Waals surface area contributed by atoms with Crippen LogP contribution in [0.15, 0.2) is 60.8 Å². The lowest BCUT2D eigenvalue weighted by Gasteiger charge is -2.12. The summed E-state index contributed by atoms with van der Waals surface area (Å²) in [5, 5.41) is 12.0. The van der Waals surface area contributed by atoms with Gasteiger partial charge >= 0.3 is 0 Å². The number of hydrogen-bond acceptors (Lipinski definition) is 3. The second-order valence-electron chi connectivity index (χ2n) is 4.68. The molecular weight excluding hydrogens is 250 g/mol. The van der Waals surface area contributed by atoms with Crippen molar-refractivity contribution in [2.75, 3.05) is 0 Å². The third kappa shape index (κ3) is 2.49. The lowest BCUT2D eigenvalue weighted by Crippen LogP contribution is -1.98. The van der Waals surface area contributed by atoms with Crippen LogP contribution in [0, 0.1) is 0 Å². The van der Waals surface area contributed by atoms with E-state index in [4.69, 9.17) is 4.74 Å². The zero-order chi connectivity index (χ0) is 13.9. The summed E-state index contributed by atoms with van der Waals surface area (Å²) in [4.78, 5) is 4.19. The van der Waals surface area contributed by atoms with Gasteiger partial charge in [-0.2, -0.15) is 0 Å². The smallest absolute Gasteiger partial charge is 0.225 e. The van der Waals surface area contributed by atoms with Crippen molar-refractivity contribution in [2.24, 2.45) is 0 Å². The molecule has 0 aliphatic heterocycles. The molecule has 3 nitrogen and oxygen atoms in total. The van der Waals surface area contributed by atoms with Gasteiger partial charge < -0.3 is 9.84 Å². The fraction of sp³-hybridized carbons (Fsp3) is 0.118. The quantitative estimate of drug-likeness (QED) is 0.775. The molecule has 100 valence electrons. The van der Waals surface area contributed by atoms with Crippen LogP contribution in [-0.2, 0) is 0 Å². The normalized spacial score (nSPS) is 12.3. The summed E-state index contributed by atoms with van der Waals surface area (Å²) in [5.74, 6) is 1.15. The third-order valence-corrected chi connectivity index (χ3v) is 3.19. The summed E-state index contributed by atoms with van der Waals surface area (Å²) in [7, 11) is 0. The van der Waals surface area contributed by atoms with Crippen LogP contribution in [0.4, 0.5) is 0 Å². The molecular formula is C17H15NO2. The summed E-state index contributed by atoms with van der Waals surface area (Å²) < 4.78 is 5.81. The van der Waals surface area contributed by atoms with Gasteiger partial charge in [-0.1, -0.05) is 30.3 Å². The minimum absolute atomic E-state index is 0.442. The molecule has 1 unspecified atom stereocenters. The number of aliphatic hydroxyl groups excluding tert-OH is 1. The highest BCUT2D eigenvalue weighted by atomic mass is 16.5. The van der Waals surface area contributed by atoms with Gasteiger partial charge in [0, 0.05) is 11.8 Å². The highest BCUT2D eigenvalue weighted by Crippen LogP contribution is 2.29. The van der Waals surface area contributed by atoms with E-state index in [1.54, 1.807) is 19.2 Å². The van der Waals surface area contributed by atoms with Crippen LogP contribution >= 0.6 is 0 Å². The van der Waals surface area contributed by atoms with Gasteiger partial charge in [-0.3, -0.25) is 0 Å². The van der Waals surface area contributed by atoms with Crippen molar-refractivity contribution < 1.29 is 9.84 Å². The van der Waals surface area contributed by atoms with Crippen molar-refractivity contribution >= 4 is 10.8 Å². The molecule has 3 heteroatoms. The van der Waals surface area contributed by atoms with E-state index in [9.17, 15) is 5.11 Å². The predicted molar refractivity (Wildman–Crippen MR) is 78.9 cm³/mol. The van der Waals surface area contributed by atoms with Crippen molar-refractivity contribution in [2.45, 2.75) is 13.0 Å². The standard InChI is InChI=1S/C17H15NO2/c1-12(19)16-7-4-10-18-17(16)20-15-9-8-13-5-2-3-6-14(13)11-15/h2-12,19H,1H3. The van der Waals surface area contributed by atoms with Crippen molar-refractivity contribution in [1.29, 1.82) is 0 Å². The molecule has 0 radical (unpaired) electrons. The number of aromatic nitrogens is 1. The van der Waals surface area contributed by atoms with E-state index in [0.717, 1.165) is 10.8 Å². The number of fused-ring (bicyclic) bond motifs is 1. The molecule has 0 aliphatic carbocycles. The lowest BCUT2D eigenvalue weighted by atomic mass is 10.1. The molecule has 20 heavy (non-hydrogen) atoms. The number of rotatable bonds is 3. The minimum Gasteiger partial charge on any atom is -0.439 e. The molecule has 0 fully saturated rings. The lowest BCUT2D eigenvalue weighted by molar-refractivity contribution is 0.194. The number of ether oxygens (including phenoxy) is 1. The molecule has 1 heterocycles. The average molecular weight is 265 g/mol. The van der Waals surface area contributed by atoms with Crippen LogP contribution in [0.3, 0.4) is 0 Å². The maximum absolute atomic E-state index is 9.73. The molecule has 1 atom stereocenters. The molecule has 3 aromatic rings. The number of pyridine rings is 1. The van der Waals surface area contributed by atoms with Crippen molar-refractivity contribution in [1.82, 2.24) is 4.98 Å². The van der Waals surface area contributed by atoms with Gasteiger partial charge in [0.2, 0.25) is 5.88 Å². The van der Waals surface area contributed by atoms with Crippen LogP contribution in [0.5, 0.6) is 11.6 Å². The molecule has 0 saturated carbocycles. The van der Waals surface area contributed by atoms with E-state index in [2.05, 4.69) is 11.1 Å². The van der Waals surface area contributed by atoms with E-state index in [-0.39, 0.29) is 0 Å². The number of aliphatic hydroxyl groups is 1. The van der Waals surface area contributed by atoms with Crippen LogP contribution in [0.25, 0.3) is 10.8 Å². The molecule has 1 aromatic heterocycles. The van der Waals surface area contributed by atoms with Gasteiger partial charge in [0.1, 0.15) is 5.75 Å². The van der Waals surface area contributed by atoms with E-state index in [0.29, 0.717) is 17.2 Å². The monoisotopic (exact) mass is 265 g/mol. The second-order valence-corrected chi connectivity index (χ2v) is 4.68. The summed E-state index contributed by atoms with van der Waals surface area (Å²) in [6.45, 7) is 1.70. The Labute approximate surface area is 117 Å². The van der Waals surface area contributed by atoms with E-state index >= 15 is 0 Å². The van der Waals surface area contributed by atoms with Gasteiger partial charge in [0.15, 0.2) is 0 Å². The number of hydrogen-bond donors (Lipinski definition) is 1. The Bertz CT molecular complexity index is 738. The van der Waals surface area contributed by atoms with Crippen molar-refractivity contribution in [3.8, 4) is 11.6 Å². The topological polar surface area (TPSA) is 42.4 Å². The van der Waals surface area contributed by atoms with Crippen molar-refractivity contribution in [3.63, 3.8) is 0 Å². The minimum atomic E-state index is -0.612. The predicted octanol–water partition coefficient (Wildman–Crippen LogP) is 4.08. The number of nitrogens with zero attached hydrogens (tertiary/aromatic N) is 1. The Hall–Kier alpha value is -2.39. The summed E-state index contributed by atoms with van der Waals surface area (Å²) in [5.41, 5.74) is 0.681. The second kappa shape index (κ2) is 5.31. The first-order valence-corrected chi connectivity index (χ1v) is 6.54. The largest absolute Gasteiger partial charge is 0.439 e. The Morgan fingerprint density at radius 2 is 1.80 bits per heavy atom. The SMILES string of the molecule is CC(O)c1cccnc1Oc1ccc2ccccc2c1. The molecule has 2 aromatic carbocycles. The van der Waals surface area contributed by atoms with E-state index in [1.165, 1.54) is 0 Å². The molecule has 0 bridgehead atoms. The first kappa shape index (κ1) is 12.6. The third-order valence-electron chi connectivity index (χ3n) is 3.19. The van der Waals surface area contributed by atoms with Crippen LogP contribution < -0.4 is 4.74 Å². The summed E-state index contributed by atoms with van der Waals surface area (Å²) >= 11 is 0. The fourth-order valence-electron chi connectivity index (χ4n) is 2.15. The fourth-order valence-corrected chi connectivity index (χ4v) is 2.15. The van der Waals surface area contributed by atoms with E-state index < -0.39 is 6.10 Å². The maximum atomic E-state index is 9.73. The summed E-state index contributed by atoms with van der Waals surface area (Å²) in [6, 6.07) is 17.6. The molecule has 0 aliphatic rings. The molecule has 1 N–H and O–H groups in total. The summed E-state index contributed by atoms with van der Waals surface area (Å²) in [6.07, 6.45) is 1.04.